The number of methoxy groups -OCH3 is 1. The first-order valence-electron chi connectivity index (χ1n) is 12.6. The van der Waals surface area contributed by atoms with Crippen LogP contribution in [0.25, 0.3) is 0 Å². The van der Waals surface area contributed by atoms with Crippen LogP contribution in [0, 0.1) is 12.7 Å². The number of aromatic nitrogens is 2. The molecule has 5 rings (SSSR count). The maximum atomic E-state index is 13.7. The summed E-state index contributed by atoms with van der Waals surface area (Å²) in [5.74, 6) is 2.46. The Kier molecular flexibility index (Phi) is 9.89. The van der Waals surface area contributed by atoms with E-state index in [1.165, 1.54) is 35.2 Å². The van der Waals surface area contributed by atoms with Crippen LogP contribution in [-0.2, 0) is 4.79 Å². The molecule has 1 aliphatic heterocycles. The molecule has 2 aromatic carbocycles. The van der Waals surface area contributed by atoms with Crippen molar-refractivity contribution in [3.05, 3.63) is 77.2 Å². The third-order valence-corrected chi connectivity index (χ3v) is 8.29. The molecule has 2 aromatic heterocycles. The molecule has 1 fully saturated rings. The van der Waals surface area contributed by atoms with Gasteiger partial charge in [-0.3, -0.25) is 4.79 Å². The number of ether oxygens (including phenoxy) is 2. The van der Waals surface area contributed by atoms with Gasteiger partial charge in [0.2, 0.25) is 5.91 Å². The van der Waals surface area contributed by atoms with Gasteiger partial charge in [0.1, 0.15) is 17.3 Å². The van der Waals surface area contributed by atoms with E-state index in [0.29, 0.717) is 33.9 Å². The van der Waals surface area contributed by atoms with E-state index in [1.54, 1.807) is 33.2 Å². The maximum Gasteiger partial charge on any atom is 0.219 e. The number of rotatable bonds is 8. The lowest BCUT2D eigenvalue weighted by molar-refractivity contribution is -0.129. The fourth-order valence-corrected chi connectivity index (χ4v) is 6.08. The number of amides is 1. The Morgan fingerprint density at radius 2 is 1.93 bits per heavy atom. The number of carbonyl (C=O) groups excluding carboxylic acids is 1. The summed E-state index contributed by atoms with van der Waals surface area (Å²) in [7, 11) is 1.64. The van der Waals surface area contributed by atoms with Gasteiger partial charge in [-0.05, 0) is 61.7 Å². The highest BCUT2D eigenvalue weighted by Crippen LogP contribution is 2.39. The molecule has 7 nitrogen and oxygen atoms in total. The molecule has 1 amide bonds. The monoisotopic (exact) mass is 600 g/mol. The highest BCUT2D eigenvalue weighted by Gasteiger charge is 2.24. The number of nitrogens with one attached hydrogen (secondary N) is 1. The Hall–Kier alpha value is -3.34. The number of nitrogens with zero attached hydrogens (tertiary/aromatic N) is 3. The van der Waals surface area contributed by atoms with Gasteiger partial charge < -0.3 is 19.7 Å². The molecule has 4 aromatic rings. The minimum atomic E-state index is -0.317. The number of halogens is 2. The van der Waals surface area contributed by atoms with E-state index in [-0.39, 0.29) is 24.1 Å². The third-order valence-electron chi connectivity index (χ3n) is 6.57. The molecule has 0 spiro atoms. The molecule has 0 aliphatic carbocycles. The molecular formula is C29H30ClFN4O3S2. The van der Waals surface area contributed by atoms with Gasteiger partial charge >= 0.3 is 0 Å². The second-order valence-corrected chi connectivity index (χ2v) is 11.3. The number of carbonyl (C=O) groups is 1. The van der Waals surface area contributed by atoms with Crippen molar-refractivity contribution in [2.45, 2.75) is 42.4 Å². The summed E-state index contributed by atoms with van der Waals surface area (Å²) in [6.07, 6.45) is 3.58. The molecule has 0 atom stereocenters. The highest BCUT2D eigenvalue weighted by atomic mass is 35.5. The number of hydrogen-bond acceptors (Lipinski definition) is 8. The van der Waals surface area contributed by atoms with Crippen LogP contribution in [0.15, 0.2) is 69.9 Å². The van der Waals surface area contributed by atoms with E-state index in [9.17, 15) is 9.18 Å². The number of piperidine rings is 1. The van der Waals surface area contributed by atoms with E-state index in [0.717, 1.165) is 47.2 Å². The van der Waals surface area contributed by atoms with E-state index < -0.39 is 0 Å². The zero-order chi connectivity index (χ0) is 27.4. The Labute approximate surface area is 247 Å². The first-order valence-corrected chi connectivity index (χ1v) is 14.3. The molecule has 1 N–H and O–H groups in total. The summed E-state index contributed by atoms with van der Waals surface area (Å²) in [6.45, 7) is 4.93. The lowest BCUT2D eigenvalue weighted by Crippen LogP contribution is -2.36. The Morgan fingerprint density at radius 3 is 2.65 bits per heavy atom. The molecule has 1 saturated heterocycles. The summed E-state index contributed by atoms with van der Waals surface area (Å²) in [4.78, 5) is 24.9. The van der Waals surface area contributed by atoms with Crippen molar-refractivity contribution in [1.82, 2.24) is 14.9 Å². The normalized spacial score (nSPS) is 13.4. The van der Waals surface area contributed by atoms with Crippen LogP contribution in [0.1, 0.15) is 36.9 Å². The van der Waals surface area contributed by atoms with Gasteiger partial charge in [-0.25, -0.2) is 14.4 Å². The van der Waals surface area contributed by atoms with Crippen LogP contribution >= 0.6 is 35.5 Å². The molecule has 0 radical (unpaired) electrons. The van der Waals surface area contributed by atoms with E-state index in [2.05, 4.69) is 15.7 Å². The number of benzene rings is 2. The quantitative estimate of drug-likeness (QED) is 0.221. The standard InChI is InChI=1S/C29H29FN4O3S2.ClH/c1-18-13-21(30)7-8-26(18)37-27-15-24(39-23-6-4-5-22(14-23)36-3)16-31-28(27)33-29-32-25(17-38-29)20-9-11-34(12-10-20)19(2)35;/h4-8,13-17,20H,9-12H2,1-3H3,(H,31,32,33);1H. The van der Waals surface area contributed by atoms with E-state index in [1.807, 2.05) is 35.2 Å². The number of thiazole rings is 1. The van der Waals surface area contributed by atoms with Gasteiger partial charge in [0.15, 0.2) is 16.7 Å². The fraction of sp³-hybridized carbons (Fsp3) is 0.276. The molecular weight excluding hydrogens is 571 g/mol. The largest absolute Gasteiger partial charge is 0.497 e. The smallest absolute Gasteiger partial charge is 0.219 e. The minimum Gasteiger partial charge on any atom is -0.497 e. The molecule has 40 heavy (non-hydrogen) atoms. The molecule has 1 aliphatic rings. The topological polar surface area (TPSA) is 76.6 Å². The predicted octanol–water partition coefficient (Wildman–Crippen LogP) is 7.83. The van der Waals surface area contributed by atoms with Gasteiger partial charge in [0, 0.05) is 53.4 Å². The molecule has 3 heterocycles. The fourth-order valence-electron chi connectivity index (χ4n) is 4.42. The lowest BCUT2D eigenvalue weighted by Gasteiger charge is -2.30. The zero-order valence-electron chi connectivity index (χ0n) is 22.3. The van der Waals surface area contributed by atoms with Gasteiger partial charge in [0.05, 0.1) is 12.8 Å². The van der Waals surface area contributed by atoms with Crippen LogP contribution in [-0.4, -0.2) is 41.0 Å². The van der Waals surface area contributed by atoms with Crippen molar-refractivity contribution in [2.75, 3.05) is 25.5 Å². The molecule has 0 bridgehead atoms. The second kappa shape index (κ2) is 13.3. The van der Waals surface area contributed by atoms with Crippen molar-refractivity contribution >= 4 is 52.4 Å². The number of aryl methyl sites for hydroxylation is 1. The van der Waals surface area contributed by atoms with Crippen LogP contribution < -0.4 is 14.8 Å². The Morgan fingerprint density at radius 1 is 1.12 bits per heavy atom. The summed E-state index contributed by atoms with van der Waals surface area (Å²) in [6, 6.07) is 14.1. The van der Waals surface area contributed by atoms with E-state index in [4.69, 9.17) is 14.5 Å². The summed E-state index contributed by atoms with van der Waals surface area (Å²) >= 11 is 3.05. The zero-order valence-corrected chi connectivity index (χ0v) is 24.8. The van der Waals surface area contributed by atoms with Crippen molar-refractivity contribution in [3.8, 4) is 17.2 Å². The van der Waals surface area contributed by atoms with Gasteiger partial charge in [0.25, 0.3) is 0 Å². The van der Waals surface area contributed by atoms with Gasteiger partial charge in [-0.15, -0.1) is 23.7 Å². The maximum absolute atomic E-state index is 13.7. The molecule has 11 heteroatoms. The molecule has 0 unspecified atom stereocenters. The van der Waals surface area contributed by atoms with Gasteiger partial charge in [-0.1, -0.05) is 17.8 Å². The minimum absolute atomic E-state index is 0. The second-order valence-electron chi connectivity index (χ2n) is 9.29. The van der Waals surface area contributed by atoms with Crippen LogP contribution in [0.4, 0.5) is 15.3 Å². The number of hydrogen-bond donors (Lipinski definition) is 1. The molecule has 0 saturated carbocycles. The van der Waals surface area contributed by atoms with Crippen LogP contribution in [0.2, 0.25) is 0 Å². The van der Waals surface area contributed by atoms with Gasteiger partial charge in [-0.2, -0.15) is 0 Å². The highest BCUT2D eigenvalue weighted by molar-refractivity contribution is 7.99. The SMILES string of the molecule is COc1cccc(Sc2cnc(Nc3nc(C4CCN(C(C)=O)CC4)cs3)c(Oc3ccc(F)cc3C)c2)c1.Cl. The molecule has 210 valence electrons. The third kappa shape index (κ3) is 7.24. The predicted molar refractivity (Wildman–Crippen MR) is 159 cm³/mol. The lowest BCUT2D eigenvalue weighted by atomic mass is 9.94. The summed E-state index contributed by atoms with van der Waals surface area (Å²) < 4.78 is 25.3. The Balaban J connectivity index is 0.00000370. The average molecular weight is 601 g/mol. The first-order chi connectivity index (χ1) is 18.9. The van der Waals surface area contributed by atoms with E-state index >= 15 is 0 Å². The number of likely N-dealkylation sites (tertiary alicyclic amines) is 1. The van der Waals surface area contributed by atoms with Crippen LogP contribution in [0.3, 0.4) is 0 Å². The summed E-state index contributed by atoms with van der Waals surface area (Å²) in [5, 5.41) is 6.10. The van der Waals surface area contributed by atoms with Crippen molar-refractivity contribution in [2.24, 2.45) is 0 Å². The van der Waals surface area contributed by atoms with Crippen molar-refractivity contribution in [3.63, 3.8) is 0 Å². The van der Waals surface area contributed by atoms with Crippen LogP contribution in [0.5, 0.6) is 17.2 Å². The summed E-state index contributed by atoms with van der Waals surface area (Å²) in [5.41, 5.74) is 1.70. The Bertz CT molecular complexity index is 1480. The number of anilines is 2. The van der Waals surface area contributed by atoms with Crippen molar-refractivity contribution in [1.29, 1.82) is 0 Å². The van der Waals surface area contributed by atoms with Crippen molar-refractivity contribution < 1.29 is 18.7 Å². The first kappa shape index (κ1) is 29.6. The number of pyridine rings is 1. The average Bonchev–Trinajstić information content (AvgIpc) is 3.40.